The molecule has 0 fully saturated rings. The summed E-state index contributed by atoms with van der Waals surface area (Å²) in [7, 11) is 0. The molecule has 0 aliphatic heterocycles. The molecule has 0 aromatic heterocycles. The van der Waals surface area contributed by atoms with Crippen LogP contribution in [0, 0.1) is 0 Å². The quantitative estimate of drug-likeness (QED) is 0.445. The number of ether oxygens (including phenoxy) is 3. The lowest BCUT2D eigenvalue weighted by molar-refractivity contribution is -0.119. The van der Waals surface area contributed by atoms with Crippen molar-refractivity contribution in [3.8, 4) is 17.2 Å². The predicted molar refractivity (Wildman–Crippen MR) is 110 cm³/mol. The van der Waals surface area contributed by atoms with Crippen LogP contribution in [0.5, 0.6) is 17.2 Å². The van der Waals surface area contributed by atoms with E-state index in [1.54, 1.807) is 42.5 Å². The van der Waals surface area contributed by atoms with Crippen molar-refractivity contribution in [1.29, 1.82) is 0 Å². The van der Waals surface area contributed by atoms with Crippen molar-refractivity contribution in [1.82, 2.24) is 5.43 Å². The van der Waals surface area contributed by atoms with Gasteiger partial charge >= 0.3 is 0 Å². The molecule has 2 aromatic rings. The molecule has 0 bridgehead atoms. The number of hydrazone groups is 1. The number of hydrogen-bond donors (Lipinski definition) is 2. The van der Waals surface area contributed by atoms with Gasteiger partial charge in [-0.3, -0.25) is 9.59 Å². The number of carbonyl (C=O) groups excluding carboxylic acids is 2. The smallest absolute Gasteiger partial charge is 0.271 e. The summed E-state index contributed by atoms with van der Waals surface area (Å²) in [5.74, 6) is 0.640. The van der Waals surface area contributed by atoms with Gasteiger partial charge in [0.2, 0.25) is 0 Å². The monoisotopic (exact) mass is 399 g/mol. The lowest BCUT2D eigenvalue weighted by Gasteiger charge is -2.12. The van der Waals surface area contributed by atoms with Gasteiger partial charge < -0.3 is 19.9 Å². The normalized spacial score (nSPS) is 10.6. The van der Waals surface area contributed by atoms with Gasteiger partial charge in [0.15, 0.2) is 18.1 Å². The van der Waals surface area contributed by atoms with Crippen LogP contribution in [-0.2, 0) is 4.79 Å². The summed E-state index contributed by atoms with van der Waals surface area (Å²) in [4.78, 5) is 23.1. The number of nitrogens with one attached hydrogen (secondary N) is 1. The third kappa shape index (κ3) is 7.17. The number of nitrogens with two attached hydrogens (primary N) is 1. The minimum Gasteiger partial charge on any atom is -0.490 e. The van der Waals surface area contributed by atoms with Gasteiger partial charge in [-0.25, -0.2) is 5.43 Å². The summed E-state index contributed by atoms with van der Waals surface area (Å²) in [5.41, 5.74) is 8.61. The zero-order valence-electron chi connectivity index (χ0n) is 16.5. The maximum Gasteiger partial charge on any atom is 0.271 e. The molecule has 8 heteroatoms. The van der Waals surface area contributed by atoms with Gasteiger partial charge in [0.25, 0.3) is 11.8 Å². The fourth-order valence-electron chi connectivity index (χ4n) is 2.32. The molecule has 0 atom stereocenters. The van der Waals surface area contributed by atoms with Crippen molar-refractivity contribution < 1.29 is 23.8 Å². The number of hydrogen-bond acceptors (Lipinski definition) is 6. The zero-order chi connectivity index (χ0) is 21.1. The van der Waals surface area contributed by atoms with E-state index in [4.69, 9.17) is 19.9 Å². The second kappa shape index (κ2) is 11.3. The number of benzene rings is 2. The molecule has 2 rings (SSSR count). The lowest BCUT2D eigenvalue weighted by atomic mass is 10.2. The van der Waals surface area contributed by atoms with Crippen LogP contribution in [-0.4, -0.2) is 37.8 Å². The van der Waals surface area contributed by atoms with Gasteiger partial charge in [0, 0.05) is 5.56 Å². The molecule has 0 saturated carbocycles. The zero-order valence-corrected chi connectivity index (χ0v) is 16.5. The van der Waals surface area contributed by atoms with E-state index in [1.807, 2.05) is 13.8 Å². The van der Waals surface area contributed by atoms with E-state index in [0.717, 1.165) is 6.42 Å². The molecule has 2 amide bonds. The third-order valence-corrected chi connectivity index (χ3v) is 3.59. The fourth-order valence-corrected chi connectivity index (χ4v) is 2.32. The van der Waals surface area contributed by atoms with E-state index < -0.39 is 5.91 Å². The highest BCUT2D eigenvalue weighted by Gasteiger charge is 2.11. The van der Waals surface area contributed by atoms with E-state index in [0.29, 0.717) is 41.6 Å². The van der Waals surface area contributed by atoms with Crippen molar-refractivity contribution in [3.05, 3.63) is 53.6 Å². The summed E-state index contributed by atoms with van der Waals surface area (Å²) in [6.45, 7) is 4.69. The number of primary amides is 1. The number of amides is 2. The minimum absolute atomic E-state index is 0.211. The maximum atomic E-state index is 12.4. The van der Waals surface area contributed by atoms with Crippen molar-refractivity contribution in [2.45, 2.75) is 20.3 Å². The lowest BCUT2D eigenvalue weighted by Crippen LogP contribution is -2.20. The predicted octanol–water partition coefficient (Wildman–Crippen LogP) is 2.50. The summed E-state index contributed by atoms with van der Waals surface area (Å²) in [5, 5.41) is 3.96. The Morgan fingerprint density at radius 1 is 1.07 bits per heavy atom. The first-order valence-corrected chi connectivity index (χ1v) is 9.27. The first kappa shape index (κ1) is 21.7. The molecule has 0 saturated heterocycles. The van der Waals surface area contributed by atoms with Gasteiger partial charge in [-0.2, -0.15) is 5.10 Å². The van der Waals surface area contributed by atoms with Gasteiger partial charge in [-0.05, 0) is 49.2 Å². The first-order valence-electron chi connectivity index (χ1n) is 9.27. The molecule has 3 N–H and O–H groups in total. The molecule has 0 aliphatic rings. The summed E-state index contributed by atoms with van der Waals surface area (Å²) in [6.07, 6.45) is 2.34. The van der Waals surface area contributed by atoms with Crippen molar-refractivity contribution >= 4 is 18.0 Å². The van der Waals surface area contributed by atoms with Crippen molar-refractivity contribution in [2.24, 2.45) is 10.8 Å². The average molecular weight is 399 g/mol. The molecule has 154 valence electrons. The van der Waals surface area contributed by atoms with E-state index in [-0.39, 0.29) is 12.5 Å². The average Bonchev–Trinajstić information content (AvgIpc) is 2.71. The topological polar surface area (TPSA) is 112 Å². The highest BCUT2D eigenvalue weighted by atomic mass is 16.5. The van der Waals surface area contributed by atoms with E-state index >= 15 is 0 Å². The largest absolute Gasteiger partial charge is 0.490 e. The minimum atomic E-state index is -0.561. The standard InChI is InChI=1S/C21H25N3O5/c1-3-10-28-18-9-8-16(12-19(18)27-4-2)21(26)24-23-13-15-6-5-7-17(11-15)29-14-20(22)25/h5-9,11-13H,3-4,10,14H2,1-2H3,(H2,22,25)(H,24,26)/b23-13+. The van der Waals surface area contributed by atoms with Crippen LogP contribution < -0.4 is 25.4 Å². The molecule has 2 aromatic carbocycles. The second-order valence-corrected chi connectivity index (χ2v) is 5.97. The van der Waals surface area contributed by atoms with Gasteiger partial charge in [0.1, 0.15) is 5.75 Å². The first-order chi connectivity index (χ1) is 14.0. The molecule has 29 heavy (non-hydrogen) atoms. The molecule has 8 nitrogen and oxygen atoms in total. The van der Waals surface area contributed by atoms with Crippen LogP contribution in [0.25, 0.3) is 0 Å². The van der Waals surface area contributed by atoms with Crippen LogP contribution >= 0.6 is 0 Å². The Balaban J connectivity index is 2.02. The number of rotatable bonds is 11. The Morgan fingerprint density at radius 3 is 2.62 bits per heavy atom. The molecular weight excluding hydrogens is 374 g/mol. The Hall–Kier alpha value is -3.55. The van der Waals surface area contributed by atoms with E-state index in [2.05, 4.69) is 10.5 Å². The third-order valence-electron chi connectivity index (χ3n) is 3.59. The van der Waals surface area contributed by atoms with Crippen molar-refractivity contribution in [2.75, 3.05) is 19.8 Å². The molecule has 0 unspecified atom stereocenters. The maximum absolute atomic E-state index is 12.4. The van der Waals surface area contributed by atoms with Gasteiger partial charge in [0.05, 0.1) is 19.4 Å². The Labute approximate surface area is 169 Å². The Bertz CT molecular complexity index is 867. The number of nitrogens with zero attached hydrogens (tertiary/aromatic N) is 1. The molecule has 0 heterocycles. The van der Waals surface area contributed by atoms with Crippen LogP contribution in [0.4, 0.5) is 0 Å². The van der Waals surface area contributed by atoms with Crippen LogP contribution in [0.1, 0.15) is 36.2 Å². The van der Waals surface area contributed by atoms with Crippen LogP contribution in [0.15, 0.2) is 47.6 Å². The SMILES string of the molecule is CCCOc1ccc(C(=O)N/N=C/c2cccc(OCC(N)=O)c2)cc1OCC. The van der Waals surface area contributed by atoms with Crippen LogP contribution in [0.3, 0.4) is 0 Å². The van der Waals surface area contributed by atoms with Gasteiger partial charge in [-0.15, -0.1) is 0 Å². The van der Waals surface area contributed by atoms with Gasteiger partial charge in [-0.1, -0.05) is 19.1 Å². The molecular formula is C21H25N3O5. The number of carbonyl (C=O) groups is 2. The molecule has 0 aliphatic carbocycles. The Kier molecular flexibility index (Phi) is 8.50. The van der Waals surface area contributed by atoms with Crippen molar-refractivity contribution in [3.63, 3.8) is 0 Å². The molecule has 0 spiro atoms. The Morgan fingerprint density at radius 2 is 1.90 bits per heavy atom. The fraction of sp³-hybridized carbons (Fsp3) is 0.286. The molecule has 0 radical (unpaired) electrons. The summed E-state index contributed by atoms with van der Waals surface area (Å²) < 4.78 is 16.4. The van der Waals surface area contributed by atoms with E-state index in [1.165, 1.54) is 6.21 Å². The van der Waals surface area contributed by atoms with E-state index in [9.17, 15) is 9.59 Å². The summed E-state index contributed by atoms with van der Waals surface area (Å²) in [6, 6.07) is 11.9. The van der Waals surface area contributed by atoms with Crippen LogP contribution in [0.2, 0.25) is 0 Å². The highest BCUT2D eigenvalue weighted by Crippen LogP contribution is 2.28. The summed E-state index contributed by atoms with van der Waals surface area (Å²) >= 11 is 0. The second-order valence-electron chi connectivity index (χ2n) is 5.97. The highest BCUT2D eigenvalue weighted by molar-refractivity contribution is 5.95.